The number of aliphatic hydroxyl groups is 1. The van der Waals surface area contributed by atoms with E-state index in [1.165, 1.54) is 42.2 Å². The minimum atomic E-state index is -4.94. The van der Waals surface area contributed by atoms with Crippen molar-refractivity contribution in [1.29, 1.82) is 0 Å². The van der Waals surface area contributed by atoms with Crippen LogP contribution in [0.25, 0.3) is 33.3 Å². The van der Waals surface area contributed by atoms with Crippen LogP contribution in [0.4, 0.5) is 38.0 Å². The van der Waals surface area contributed by atoms with E-state index in [9.17, 15) is 41.4 Å². The fraction of sp³-hybridized carbons (Fsp3) is 0.431. The Bertz CT molecular complexity index is 3340. The number of nitrogen functional groups attached to an aromatic ring is 1. The molecule has 5 atom stereocenters. The van der Waals surface area contributed by atoms with Crippen molar-refractivity contribution in [3.63, 3.8) is 0 Å². The second kappa shape index (κ2) is 24.5. The Hall–Kier alpha value is -7.50. The number of ether oxygens (including phenoxy) is 2. The van der Waals surface area contributed by atoms with Crippen LogP contribution in [0.5, 0.6) is 11.9 Å². The molecule has 0 aliphatic carbocycles. The number of hydrogen-bond donors (Lipinski definition) is 3. The number of likely N-dealkylation sites (tertiary alicyclic amines) is 2. The fourth-order valence-electron chi connectivity index (χ4n) is 11.2. The second-order valence-corrected chi connectivity index (χ2v) is 21.9. The Morgan fingerprint density at radius 2 is 1.66 bits per heavy atom. The van der Waals surface area contributed by atoms with Crippen LogP contribution >= 0.6 is 11.6 Å². The number of anilines is 2. The lowest BCUT2D eigenvalue weighted by atomic mass is 9.91. The van der Waals surface area contributed by atoms with E-state index < -0.39 is 76.4 Å². The number of aromatic nitrogens is 4. The Morgan fingerprint density at radius 1 is 0.951 bits per heavy atom. The highest BCUT2D eigenvalue weighted by Crippen LogP contribution is 2.45. The molecule has 3 aliphatic heterocycles. The smallest absolute Gasteiger partial charge is 0.418 e. The molecule has 0 saturated carbocycles. The van der Waals surface area contributed by atoms with E-state index in [2.05, 4.69) is 31.9 Å². The van der Waals surface area contributed by atoms with E-state index in [-0.39, 0.29) is 119 Å². The highest BCUT2D eigenvalue weighted by Gasteiger charge is 2.44. The number of carbonyl (C=O) groups excluding carboxylic acids is 3. The molecule has 3 aromatic carbocycles. The van der Waals surface area contributed by atoms with E-state index in [1.807, 2.05) is 25.7 Å². The van der Waals surface area contributed by atoms with Crippen LogP contribution in [0.1, 0.15) is 81.4 Å². The van der Waals surface area contributed by atoms with Crippen molar-refractivity contribution < 1.29 is 59.8 Å². The molecule has 6 aromatic rings. The summed E-state index contributed by atoms with van der Waals surface area (Å²) in [7, 11) is 0. The fourth-order valence-corrected chi connectivity index (χ4v) is 11.4. The SMILES string of the molecule is C=CC(=O)N1CCN(c2nc(OCCN3CCC(COc4cc([C@H](C(=O)N5C[C@H](O)C[C@H]5C(=O)N[C@@H](C)c5ccc(-c6c(F)cccc6F)cc5)C(C)C)on4)CC3)nc3c(F)c(-c4nc(N)cc(C)c4C(F)(F)F)c(Cl)cc23)[C@@H](C)C1. The molecule has 3 aromatic heterocycles. The van der Waals surface area contributed by atoms with Gasteiger partial charge >= 0.3 is 12.2 Å². The largest absolute Gasteiger partial charge is 0.475 e. The highest BCUT2D eigenvalue weighted by atomic mass is 35.5. The van der Waals surface area contributed by atoms with Gasteiger partial charge in [0.25, 0.3) is 5.88 Å². The number of β-amino-alcohol motifs (C(OH)–C–C–N with tert-alkyl or cyclic N) is 1. The van der Waals surface area contributed by atoms with Crippen LogP contribution in [0, 0.1) is 36.2 Å². The monoisotopic (exact) mass is 1160 g/mol. The number of rotatable bonds is 17. The number of pyridine rings is 1. The van der Waals surface area contributed by atoms with Gasteiger partial charge < -0.3 is 44.9 Å². The van der Waals surface area contributed by atoms with Gasteiger partial charge in [0.15, 0.2) is 11.6 Å². The van der Waals surface area contributed by atoms with Crippen molar-refractivity contribution in [3.8, 4) is 34.3 Å². The number of aryl methyl sites for hydroxylation is 1. The summed E-state index contributed by atoms with van der Waals surface area (Å²) in [6.45, 7) is 14.9. The number of nitrogens with two attached hydrogens (primary N) is 1. The minimum Gasteiger partial charge on any atom is -0.475 e. The predicted octanol–water partition coefficient (Wildman–Crippen LogP) is 9.30. The lowest BCUT2D eigenvalue weighted by Gasteiger charge is -2.40. The van der Waals surface area contributed by atoms with E-state index in [1.54, 1.807) is 42.2 Å². The molecule has 0 radical (unpaired) electrons. The van der Waals surface area contributed by atoms with Crippen molar-refractivity contribution in [1.82, 2.24) is 40.1 Å². The summed E-state index contributed by atoms with van der Waals surface area (Å²) < 4.78 is 107. The van der Waals surface area contributed by atoms with Crippen LogP contribution in [-0.4, -0.2) is 135 Å². The molecule has 6 heterocycles. The maximum atomic E-state index is 17.0. The Labute approximate surface area is 474 Å². The number of nitrogens with zero attached hydrogens (tertiary/aromatic N) is 8. The van der Waals surface area contributed by atoms with Gasteiger partial charge in [0, 0.05) is 56.6 Å². The molecule has 3 fully saturated rings. The standard InChI is InChI=1S/C58H63ClF6N10O7/c1-7-46(77)73-19-20-74(32(5)27-73)54-38-25-39(59)49(53-50(58(63,64)65)31(4)23-44(66)68-53)51(62)52(38)69-57(70-54)80-22-21-72-17-15-34(16-18-72)29-81-45-26-43(82-71-45)47(30(2)3)56(79)75-28-37(76)24-42(75)55(78)67-33(6)35-11-13-36(14-12-35)48-40(60)9-8-10-41(48)61/h7-14,23,25-26,30,32-34,37,42,47,76H,1,15-22,24,27-29H2,2-6H3,(H2,66,68)(H,67,78)/t32-,33-,37+,42-,47+/m0/s1. The molecule has 3 saturated heterocycles. The van der Waals surface area contributed by atoms with Crippen molar-refractivity contribution in [2.75, 3.05) is 69.7 Å². The molecule has 17 nitrogen and oxygen atoms in total. The highest BCUT2D eigenvalue weighted by molar-refractivity contribution is 6.34. The number of piperidine rings is 1. The van der Waals surface area contributed by atoms with Gasteiger partial charge in [-0.2, -0.15) is 23.1 Å². The Kier molecular flexibility index (Phi) is 17.7. The minimum absolute atomic E-state index is 0.0132. The maximum absolute atomic E-state index is 17.0. The van der Waals surface area contributed by atoms with Gasteiger partial charge in [-0.05, 0) is 111 Å². The van der Waals surface area contributed by atoms with E-state index >= 15 is 4.39 Å². The number of benzene rings is 3. The van der Waals surface area contributed by atoms with Crippen molar-refractivity contribution in [3.05, 3.63) is 118 Å². The summed E-state index contributed by atoms with van der Waals surface area (Å²) in [5, 5.41) is 17.5. The van der Waals surface area contributed by atoms with Gasteiger partial charge in [0.2, 0.25) is 17.7 Å². The number of aliphatic hydroxyl groups excluding tert-OH is 1. The number of halogens is 7. The first kappa shape index (κ1) is 59.1. The number of piperazine rings is 1. The molecule has 4 N–H and O–H groups in total. The first-order chi connectivity index (χ1) is 39.0. The van der Waals surface area contributed by atoms with E-state index in [0.29, 0.717) is 37.4 Å². The maximum Gasteiger partial charge on any atom is 0.418 e. The number of fused-ring (bicyclic) bond motifs is 1. The van der Waals surface area contributed by atoms with Crippen molar-refractivity contribution in [2.24, 2.45) is 11.8 Å². The first-order valence-corrected chi connectivity index (χ1v) is 27.4. The summed E-state index contributed by atoms with van der Waals surface area (Å²) >= 11 is 6.66. The molecule has 0 spiro atoms. The predicted molar refractivity (Wildman–Crippen MR) is 294 cm³/mol. The molecule has 3 amide bonds. The summed E-state index contributed by atoms with van der Waals surface area (Å²) in [5.74, 6) is -4.43. The normalized spacial score (nSPS) is 19.0. The average Bonchev–Trinajstić information content (AvgIpc) is 2.11. The van der Waals surface area contributed by atoms with Crippen LogP contribution in [0.15, 0.2) is 77.8 Å². The number of hydrogen-bond acceptors (Lipinski definition) is 14. The third-order valence-corrected chi connectivity index (χ3v) is 15.7. The van der Waals surface area contributed by atoms with E-state index in [4.69, 9.17) is 36.3 Å². The zero-order chi connectivity index (χ0) is 58.9. The zero-order valence-electron chi connectivity index (χ0n) is 45.8. The summed E-state index contributed by atoms with van der Waals surface area (Å²) in [6.07, 6.45) is -3.19. The molecular formula is C58H63ClF6N10O7. The number of carbonyl (C=O) groups is 3. The molecule has 82 heavy (non-hydrogen) atoms. The van der Waals surface area contributed by atoms with Crippen molar-refractivity contribution >= 4 is 51.9 Å². The third-order valence-electron chi connectivity index (χ3n) is 15.4. The lowest BCUT2D eigenvalue weighted by molar-refractivity contribution is -0.141. The van der Waals surface area contributed by atoms with Gasteiger partial charge in [-0.3, -0.25) is 19.3 Å². The number of alkyl halides is 3. The summed E-state index contributed by atoms with van der Waals surface area (Å²) in [6, 6.07) is 11.9. The van der Waals surface area contributed by atoms with Gasteiger partial charge in [0.05, 0.1) is 46.2 Å². The summed E-state index contributed by atoms with van der Waals surface area (Å²) in [5.41, 5.74) is 3.48. The molecule has 0 bridgehead atoms. The Morgan fingerprint density at radius 3 is 2.32 bits per heavy atom. The molecule has 436 valence electrons. The number of nitrogens with one attached hydrogen (secondary N) is 1. The van der Waals surface area contributed by atoms with Crippen LogP contribution in [0.2, 0.25) is 5.02 Å². The molecule has 9 rings (SSSR count). The van der Waals surface area contributed by atoms with Crippen molar-refractivity contribution in [2.45, 2.75) is 90.2 Å². The zero-order valence-corrected chi connectivity index (χ0v) is 46.5. The van der Waals surface area contributed by atoms with Crippen LogP contribution in [-0.2, 0) is 20.6 Å². The van der Waals surface area contributed by atoms with Gasteiger partial charge in [-0.1, -0.05) is 62.4 Å². The number of amides is 3. The molecule has 24 heteroatoms. The topological polar surface area (TPSA) is 206 Å². The van der Waals surface area contributed by atoms with Crippen LogP contribution in [0.3, 0.4) is 0 Å². The van der Waals surface area contributed by atoms with Gasteiger partial charge in [0.1, 0.15) is 47.4 Å². The average molecular weight is 1160 g/mol. The third kappa shape index (κ3) is 12.6. The molecule has 3 aliphatic rings. The summed E-state index contributed by atoms with van der Waals surface area (Å²) in [4.78, 5) is 60.6. The van der Waals surface area contributed by atoms with Gasteiger partial charge in [-0.15, -0.1) is 0 Å². The molecular weight excluding hydrogens is 1100 g/mol. The lowest BCUT2D eigenvalue weighted by Crippen LogP contribution is -2.53. The first-order valence-electron chi connectivity index (χ1n) is 27.0. The second-order valence-electron chi connectivity index (χ2n) is 21.5. The van der Waals surface area contributed by atoms with Gasteiger partial charge in [-0.25, -0.2) is 18.2 Å². The Balaban J connectivity index is 0.815. The quantitative estimate of drug-likeness (QED) is 0.0575. The van der Waals surface area contributed by atoms with Crippen LogP contribution < -0.4 is 25.4 Å². The van der Waals surface area contributed by atoms with E-state index in [0.717, 1.165) is 18.9 Å². The molecule has 0 unspecified atom stereocenters.